The van der Waals surface area contributed by atoms with E-state index >= 15 is 0 Å². The van der Waals surface area contributed by atoms with Crippen molar-refractivity contribution >= 4 is 5.78 Å². The fourth-order valence-electron chi connectivity index (χ4n) is 2.98. The van der Waals surface area contributed by atoms with Crippen molar-refractivity contribution in [3.63, 3.8) is 0 Å². The van der Waals surface area contributed by atoms with E-state index in [1.807, 2.05) is 0 Å². The number of piperidine rings is 1. The number of benzene rings is 1. The van der Waals surface area contributed by atoms with Gasteiger partial charge in [0.25, 0.3) is 0 Å². The summed E-state index contributed by atoms with van der Waals surface area (Å²) in [5, 5.41) is 0. The van der Waals surface area contributed by atoms with Gasteiger partial charge in [0.1, 0.15) is 0 Å². The number of hydrogen-bond donors (Lipinski definition) is 0. The van der Waals surface area contributed by atoms with Crippen LogP contribution in [0, 0.1) is 13.8 Å². The van der Waals surface area contributed by atoms with Crippen molar-refractivity contribution in [1.82, 2.24) is 4.90 Å². The predicted octanol–water partition coefficient (Wildman–Crippen LogP) is 3.42. The Labute approximate surface area is 110 Å². The van der Waals surface area contributed by atoms with Gasteiger partial charge < -0.3 is 0 Å². The quantitative estimate of drug-likeness (QED) is 0.813. The Balaban J connectivity index is 2.31. The highest BCUT2D eigenvalue weighted by Gasteiger charge is 2.26. The zero-order valence-corrected chi connectivity index (χ0v) is 11.7. The van der Waals surface area contributed by atoms with Gasteiger partial charge in [0.2, 0.25) is 0 Å². The smallest absolute Gasteiger partial charge is 0.151 e. The van der Waals surface area contributed by atoms with E-state index in [1.165, 1.54) is 36.0 Å². The number of carbonyl (C=O) groups excluding carboxylic acids is 1. The molecule has 1 aromatic rings. The van der Waals surface area contributed by atoms with E-state index in [2.05, 4.69) is 36.9 Å². The minimum atomic E-state index is -0.0362. The van der Waals surface area contributed by atoms with Crippen LogP contribution in [0.1, 0.15) is 48.9 Å². The number of nitrogens with zero attached hydrogens (tertiary/aromatic N) is 1. The highest BCUT2D eigenvalue weighted by Crippen LogP contribution is 2.28. The first-order valence-corrected chi connectivity index (χ1v) is 6.91. The van der Waals surface area contributed by atoms with Gasteiger partial charge in [-0.05, 0) is 57.8 Å². The molecule has 0 saturated carbocycles. The Morgan fingerprint density at radius 1 is 1.17 bits per heavy atom. The van der Waals surface area contributed by atoms with E-state index in [1.54, 1.807) is 6.92 Å². The topological polar surface area (TPSA) is 20.3 Å². The van der Waals surface area contributed by atoms with Crippen LogP contribution in [0.15, 0.2) is 18.2 Å². The SMILES string of the molecule is CC(=O)C(c1ccc(C)cc1C)N1CCCCC1. The number of hydrogen-bond acceptors (Lipinski definition) is 2. The average Bonchev–Trinajstić information content (AvgIpc) is 2.33. The minimum Gasteiger partial charge on any atom is -0.298 e. The van der Waals surface area contributed by atoms with Crippen LogP contribution in [0.4, 0.5) is 0 Å². The second-order valence-corrected chi connectivity index (χ2v) is 5.47. The molecule has 0 radical (unpaired) electrons. The Kier molecular flexibility index (Phi) is 4.18. The summed E-state index contributed by atoms with van der Waals surface area (Å²) in [6, 6.07) is 6.38. The highest BCUT2D eigenvalue weighted by atomic mass is 16.1. The van der Waals surface area contributed by atoms with Crippen molar-refractivity contribution in [1.29, 1.82) is 0 Å². The van der Waals surface area contributed by atoms with Gasteiger partial charge in [-0.3, -0.25) is 9.69 Å². The van der Waals surface area contributed by atoms with Gasteiger partial charge in [-0.2, -0.15) is 0 Å². The molecule has 1 atom stereocenters. The average molecular weight is 245 g/mol. The predicted molar refractivity (Wildman–Crippen MR) is 74.8 cm³/mol. The Morgan fingerprint density at radius 3 is 2.39 bits per heavy atom. The minimum absolute atomic E-state index is 0.0362. The maximum absolute atomic E-state index is 12.0. The van der Waals surface area contributed by atoms with Crippen LogP contribution in [0.5, 0.6) is 0 Å². The second-order valence-electron chi connectivity index (χ2n) is 5.47. The molecule has 0 amide bonds. The highest BCUT2D eigenvalue weighted by molar-refractivity contribution is 5.83. The molecule has 0 aliphatic carbocycles. The fourth-order valence-corrected chi connectivity index (χ4v) is 2.98. The monoisotopic (exact) mass is 245 g/mol. The van der Waals surface area contributed by atoms with E-state index in [4.69, 9.17) is 0 Å². The molecule has 1 unspecified atom stereocenters. The molecule has 1 heterocycles. The van der Waals surface area contributed by atoms with Crippen LogP contribution < -0.4 is 0 Å². The summed E-state index contributed by atoms with van der Waals surface area (Å²) >= 11 is 0. The lowest BCUT2D eigenvalue weighted by Gasteiger charge is -2.34. The standard InChI is InChI=1S/C16H23NO/c1-12-7-8-15(13(2)11-12)16(14(3)18)17-9-5-4-6-10-17/h7-8,11,16H,4-6,9-10H2,1-3H3. The summed E-state index contributed by atoms with van der Waals surface area (Å²) in [5.41, 5.74) is 3.69. The van der Waals surface area contributed by atoms with Gasteiger partial charge in [0.15, 0.2) is 5.78 Å². The van der Waals surface area contributed by atoms with Crippen molar-refractivity contribution in [3.05, 3.63) is 34.9 Å². The normalized spacial score (nSPS) is 18.6. The molecule has 0 spiro atoms. The molecule has 1 saturated heterocycles. The summed E-state index contributed by atoms with van der Waals surface area (Å²) in [7, 11) is 0. The number of carbonyl (C=O) groups is 1. The van der Waals surface area contributed by atoms with Crippen LogP contribution in [-0.4, -0.2) is 23.8 Å². The summed E-state index contributed by atoms with van der Waals surface area (Å²) in [6.45, 7) is 8.04. The first-order valence-electron chi connectivity index (χ1n) is 6.91. The molecular formula is C16H23NO. The lowest BCUT2D eigenvalue weighted by molar-refractivity contribution is -0.122. The van der Waals surface area contributed by atoms with Crippen molar-refractivity contribution in [2.45, 2.75) is 46.1 Å². The number of likely N-dealkylation sites (tertiary alicyclic amines) is 1. The Hall–Kier alpha value is -1.15. The molecule has 0 bridgehead atoms. The molecule has 1 aliphatic heterocycles. The van der Waals surface area contributed by atoms with E-state index < -0.39 is 0 Å². The number of ketones is 1. The number of rotatable bonds is 3. The molecule has 2 heteroatoms. The maximum Gasteiger partial charge on any atom is 0.151 e. The molecule has 0 N–H and O–H groups in total. The first-order chi connectivity index (χ1) is 8.59. The lowest BCUT2D eigenvalue weighted by Crippen LogP contribution is -2.37. The van der Waals surface area contributed by atoms with Crippen LogP contribution >= 0.6 is 0 Å². The second kappa shape index (κ2) is 5.66. The summed E-state index contributed by atoms with van der Waals surface area (Å²) < 4.78 is 0. The van der Waals surface area contributed by atoms with Crippen molar-refractivity contribution in [2.24, 2.45) is 0 Å². The van der Waals surface area contributed by atoms with Crippen LogP contribution in [-0.2, 0) is 4.79 Å². The molecule has 98 valence electrons. The number of aryl methyl sites for hydroxylation is 2. The van der Waals surface area contributed by atoms with E-state index in [-0.39, 0.29) is 11.8 Å². The molecule has 0 aromatic heterocycles. The molecule has 1 fully saturated rings. The number of Topliss-reactive ketones (excluding diaryl/α,β-unsaturated/α-hetero) is 1. The van der Waals surface area contributed by atoms with E-state index in [0.717, 1.165) is 13.1 Å². The van der Waals surface area contributed by atoms with Gasteiger partial charge in [-0.15, -0.1) is 0 Å². The summed E-state index contributed by atoms with van der Waals surface area (Å²) in [6.07, 6.45) is 3.73. The maximum atomic E-state index is 12.0. The van der Waals surface area contributed by atoms with Gasteiger partial charge in [0.05, 0.1) is 6.04 Å². The fraction of sp³-hybridized carbons (Fsp3) is 0.562. The van der Waals surface area contributed by atoms with Gasteiger partial charge in [0, 0.05) is 0 Å². The van der Waals surface area contributed by atoms with Gasteiger partial charge in [-0.25, -0.2) is 0 Å². The zero-order chi connectivity index (χ0) is 13.1. The third-order valence-electron chi connectivity index (χ3n) is 3.86. The van der Waals surface area contributed by atoms with Crippen LogP contribution in [0.2, 0.25) is 0 Å². The van der Waals surface area contributed by atoms with E-state index in [0.29, 0.717) is 0 Å². The summed E-state index contributed by atoms with van der Waals surface area (Å²) in [4.78, 5) is 14.4. The zero-order valence-electron chi connectivity index (χ0n) is 11.7. The van der Waals surface area contributed by atoms with Crippen LogP contribution in [0.25, 0.3) is 0 Å². The molecule has 1 aromatic carbocycles. The third-order valence-corrected chi connectivity index (χ3v) is 3.86. The van der Waals surface area contributed by atoms with Crippen molar-refractivity contribution in [2.75, 3.05) is 13.1 Å². The summed E-state index contributed by atoms with van der Waals surface area (Å²) in [5.74, 6) is 0.267. The first kappa shape index (κ1) is 13.3. The van der Waals surface area contributed by atoms with Crippen LogP contribution in [0.3, 0.4) is 0 Å². The largest absolute Gasteiger partial charge is 0.298 e. The molecule has 1 aliphatic rings. The van der Waals surface area contributed by atoms with Gasteiger partial charge in [-0.1, -0.05) is 30.2 Å². The van der Waals surface area contributed by atoms with Crippen molar-refractivity contribution in [3.8, 4) is 0 Å². The lowest BCUT2D eigenvalue weighted by atomic mass is 9.94. The molecule has 2 nitrogen and oxygen atoms in total. The molecule has 18 heavy (non-hydrogen) atoms. The Morgan fingerprint density at radius 2 is 1.83 bits per heavy atom. The third kappa shape index (κ3) is 2.81. The van der Waals surface area contributed by atoms with Gasteiger partial charge >= 0.3 is 0 Å². The Bertz CT molecular complexity index is 433. The molecule has 2 rings (SSSR count). The molecular weight excluding hydrogens is 222 g/mol. The van der Waals surface area contributed by atoms with Crippen molar-refractivity contribution < 1.29 is 4.79 Å². The van der Waals surface area contributed by atoms with E-state index in [9.17, 15) is 4.79 Å².